The number of benzene rings is 1. The molecule has 3 N–H and O–H groups in total. The molecule has 11 nitrogen and oxygen atoms in total. The number of rotatable bonds is 6. The predicted octanol–water partition coefficient (Wildman–Crippen LogP) is 2.18. The number of amides is 2. The van der Waals surface area contributed by atoms with Crippen LogP contribution >= 0.6 is 23.3 Å². The molecule has 0 radical (unpaired) electrons. The first kappa shape index (κ1) is 27.3. The Morgan fingerprint density at radius 3 is 2.85 bits per heavy atom. The van der Waals surface area contributed by atoms with Gasteiger partial charge in [0.15, 0.2) is 5.01 Å². The minimum Gasteiger partial charge on any atom is -0.345 e. The SMILES string of the molecule is C#Cc1ccc2[nH]c(S(=O)(=O)N3CCN(C(=O)c4nc5c(s4)CN(C)CC5)C(CCC4NSC(=O)N4)C3)cc2c1. The highest BCUT2D eigenvalue weighted by Crippen LogP contribution is 2.29. The molecule has 40 heavy (non-hydrogen) atoms. The van der Waals surface area contributed by atoms with Gasteiger partial charge in [-0.3, -0.25) is 9.59 Å². The normalized spacial score (nSPS) is 22.3. The van der Waals surface area contributed by atoms with Crippen molar-refractivity contribution in [1.29, 1.82) is 0 Å². The molecule has 2 aromatic heterocycles. The fourth-order valence-electron chi connectivity index (χ4n) is 5.39. The van der Waals surface area contributed by atoms with Crippen LogP contribution in [-0.4, -0.2) is 89.1 Å². The zero-order valence-corrected chi connectivity index (χ0v) is 24.3. The number of aromatic nitrogens is 2. The molecule has 3 aliphatic rings. The summed E-state index contributed by atoms with van der Waals surface area (Å²) in [6.07, 6.45) is 7.11. The molecule has 2 saturated heterocycles. The Balaban J connectivity index is 1.24. The summed E-state index contributed by atoms with van der Waals surface area (Å²) in [6.45, 7) is 2.22. The number of sulfonamides is 1. The molecule has 0 spiro atoms. The van der Waals surface area contributed by atoms with Crippen LogP contribution in [-0.2, 0) is 23.0 Å². The molecule has 2 amide bonds. The van der Waals surface area contributed by atoms with E-state index in [1.54, 1.807) is 29.2 Å². The topological polar surface area (TPSA) is 131 Å². The Bertz CT molecular complexity index is 1630. The zero-order chi connectivity index (χ0) is 28.0. The number of nitrogens with zero attached hydrogens (tertiary/aromatic N) is 4. The molecular weight excluding hydrogens is 571 g/mol. The molecule has 2 unspecified atom stereocenters. The summed E-state index contributed by atoms with van der Waals surface area (Å²) in [5, 5.41) is 3.94. The minimum atomic E-state index is -3.86. The number of terminal acetylenes is 1. The average Bonchev–Trinajstić information content (AvgIpc) is 3.68. The van der Waals surface area contributed by atoms with Crippen LogP contribution in [0.1, 0.15) is 38.8 Å². The average molecular weight is 600 g/mol. The van der Waals surface area contributed by atoms with E-state index >= 15 is 0 Å². The summed E-state index contributed by atoms with van der Waals surface area (Å²) in [5.41, 5.74) is 2.33. The third-order valence-electron chi connectivity index (χ3n) is 7.57. The molecule has 5 heterocycles. The van der Waals surface area contributed by atoms with E-state index in [4.69, 9.17) is 6.42 Å². The van der Waals surface area contributed by atoms with Crippen molar-refractivity contribution in [3.63, 3.8) is 0 Å². The van der Waals surface area contributed by atoms with Crippen LogP contribution in [0.4, 0.5) is 4.79 Å². The Morgan fingerprint density at radius 2 is 2.08 bits per heavy atom. The Kier molecular flexibility index (Phi) is 7.36. The molecule has 0 aliphatic carbocycles. The van der Waals surface area contributed by atoms with Crippen LogP contribution < -0.4 is 10.0 Å². The second-order valence-electron chi connectivity index (χ2n) is 10.3. The van der Waals surface area contributed by atoms with Crippen molar-refractivity contribution in [3.05, 3.63) is 45.4 Å². The lowest BCUT2D eigenvalue weighted by atomic mass is 10.1. The number of piperazine rings is 1. The monoisotopic (exact) mass is 599 g/mol. The van der Waals surface area contributed by atoms with Gasteiger partial charge in [0.25, 0.3) is 21.2 Å². The van der Waals surface area contributed by atoms with Crippen molar-refractivity contribution < 1.29 is 18.0 Å². The smallest absolute Gasteiger partial charge is 0.295 e. The summed E-state index contributed by atoms with van der Waals surface area (Å²) in [5.74, 6) is 2.40. The second kappa shape index (κ2) is 10.8. The van der Waals surface area contributed by atoms with E-state index in [9.17, 15) is 18.0 Å². The minimum absolute atomic E-state index is 0.0908. The van der Waals surface area contributed by atoms with Gasteiger partial charge < -0.3 is 20.1 Å². The van der Waals surface area contributed by atoms with Gasteiger partial charge in [0.05, 0.1) is 11.9 Å². The van der Waals surface area contributed by atoms with E-state index in [0.29, 0.717) is 28.9 Å². The first-order chi connectivity index (χ1) is 19.2. The summed E-state index contributed by atoms with van der Waals surface area (Å²) in [6, 6.07) is 6.52. The fourth-order valence-corrected chi connectivity index (χ4v) is 8.64. The maximum Gasteiger partial charge on any atom is 0.295 e. The van der Waals surface area contributed by atoms with Crippen molar-refractivity contribution in [3.8, 4) is 12.3 Å². The van der Waals surface area contributed by atoms with Crippen molar-refractivity contribution in [2.45, 2.75) is 43.0 Å². The Morgan fingerprint density at radius 1 is 1.23 bits per heavy atom. The number of carbonyl (C=O) groups excluding carboxylic acids is 2. The highest BCUT2D eigenvalue weighted by molar-refractivity contribution is 8.12. The number of carbonyl (C=O) groups is 2. The zero-order valence-electron chi connectivity index (χ0n) is 21.8. The summed E-state index contributed by atoms with van der Waals surface area (Å²) < 4.78 is 31.9. The van der Waals surface area contributed by atoms with Gasteiger partial charge in [-0.1, -0.05) is 5.92 Å². The number of H-pyrrole nitrogens is 1. The molecule has 6 rings (SSSR count). The van der Waals surface area contributed by atoms with Gasteiger partial charge in [0, 0.05) is 78.5 Å². The van der Waals surface area contributed by atoms with Crippen LogP contribution in [0.15, 0.2) is 29.3 Å². The van der Waals surface area contributed by atoms with Gasteiger partial charge in [-0.15, -0.1) is 17.8 Å². The third kappa shape index (κ3) is 5.25. The first-order valence-electron chi connectivity index (χ1n) is 13.0. The summed E-state index contributed by atoms with van der Waals surface area (Å²) in [4.78, 5) is 38.2. The number of hydrogen-bond donors (Lipinski definition) is 3. The van der Waals surface area contributed by atoms with Gasteiger partial charge in [-0.2, -0.15) is 4.31 Å². The number of aromatic amines is 1. The van der Waals surface area contributed by atoms with Gasteiger partial charge in [0.1, 0.15) is 5.03 Å². The molecule has 2 atom stereocenters. The molecule has 14 heteroatoms. The lowest BCUT2D eigenvalue weighted by Gasteiger charge is -2.40. The van der Waals surface area contributed by atoms with E-state index in [1.807, 2.05) is 0 Å². The Labute approximate surface area is 240 Å². The standard InChI is InChI=1S/C26H29N7O4S3/c1-3-16-4-6-19-17(12-16)13-23(27-19)40(36,37)32-10-11-33(18(14-32)5-7-22-29-26(35)39-30-22)25(34)24-28-20-8-9-31(2)15-21(20)38-24/h1,4,6,12-13,18,22,27,30H,5,7-11,14-15H2,2H3,(H,29,35). The number of nitrogens with one attached hydrogen (secondary N) is 3. The van der Waals surface area contributed by atoms with E-state index in [2.05, 4.69) is 37.9 Å². The van der Waals surface area contributed by atoms with Crippen LogP contribution in [0.2, 0.25) is 0 Å². The van der Waals surface area contributed by atoms with Crippen molar-refractivity contribution in [1.82, 2.24) is 34.1 Å². The summed E-state index contributed by atoms with van der Waals surface area (Å²) in [7, 11) is -1.81. The first-order valence-corrected chi connectivity index (χ1v) is 16.1. The molecule has 3 aliphatic heterocycles. The van der Waals surface area contributed by atoms with Crippen LogP contribution in [0.3, 0.4) is 0 Å². The van der Waals surface area contributed by atoms with Gasteiger partial charge in [0.2, 0.25) is 0 Å². The Hall–Kier alpha value is -2.93. The largest absolute Gasteiger partial charge is 0.345 e. The highest BCUT2D eigenvalue weighted by Gasteiger charge is 2.39. The van der Waals surface area contributed by atoms with Crippen LogP contribution in [0.25, 0.3) is 10.9 Å². The van der Waals surface area contributed by atoms with Crippen molar-refractivity contribution in [2.24, 2.45) is 0 Å². The van der Waals surface area contributed by atoms with Gasteiger partial charge in [-0.25, -0.2) is 18.1 Å². The quantitative estimate of drug-likeness (QED) is 0.290. The fraction of sp³-hybridized carbons (Fsp3) is 0.423. The predicted molar refractivity (Wildman–Crippen MR) is 154 cm³/mol. The molecule has 2 fully saturated rings. The maximum absolute atomic E-state index is 13.7. The van der Waals surface area contributed by atoms with Crippen molar-refractivity contribution in [2.75, 3.05) is 33.2 Å². The number of hydrogen-bond acceptors (Lipinski definition) is 9. The highest BCUT2D eigenvalue weighted by atomic mass is 32.2. The van der Waals surface area contributed by atoms with E-state index < -0.39 is 10.0 Å². The molecule has 0 saturated carbocycles. The summed E-state index contributed by atoms with van der Waals surface area (Å²) >= 11 is 2.43. The third-order valence-corrected chi connectivity index (χ3v) is 11.1. The van der Waals surface area contributed by atoms with Crippen LogP contribution in [0, 0.1) is 12.3 Å². The van der Waals surface area contributed by atoms with E-state index in [1.165, 1.54) is 15.6 Å². The molecule has 0 bridgehead atoms. The van der Waals surface area contributed by atoms with E-state index in [-0.39, 0.29) is 48.0 Å². The second-order valence-corrected chi connectivity index (χ2v) is 14.1. The lowest BCUT2D eigenvalue weighted by Crippen LogP contribution is -2.56. The molecular formula is C26H29N7O4S3. The number of likely N-dealkylation sites (N-methyl/N-ethyl adjacent to an activating group) is 1. The van der Waals surface area contributed by atoms with Gasteiger partial charge in [-0.05, 0) is 44.2 Å². The van der Waals surface area contributed by atoms with Crippen molar-refractivity contribution >= 4 is 55.4 Å². The maximum atomic E-state index is 13.7. The molecule has 3 aromatic rings. The number of fused-ring (bicyclic) bond motifs is 2. The van der Waals surface area contributed by atoms with Crippen LogP contribution in [0.5, 0.6) is 0 Å². The van der Waals surface area contributed by atoms with E-state index in [0.717, 1.165) is 47.4 Å². The molecule has 1 aromatic carbocycles. The van der Waals surface area contributed by atoms with Gasteiger partial charge >= 0.3 is 0 Å². The molecule has 210 valence electrons. The number of thiazole rings is 1. The lowest BCUT2D eigenvalue weighted by molar-refractivity contribution is 0.0542.